The summed E-state index contributed by atoms with van der Waals surface area (Å²) in [6, 6.07) is 5.67. The van der Waals surface area contributed by atoms with Gasteiger partial charge in [-0.15, -0.1) is 0 Å². The fourth-order valence-electron chi connectivity index (χ4n) is 4.01. The molecule has 2 aliphatic rings. The molecule has 2 saturated carbocycles. The fourth-order valence-corrected chi connectivity index (χ4v) is 4.01. The maximum atomic E-state index is 10.0. The van der Waals surface area contributed by atoms with E-state index in [0.717, 1.165) is 5.56 Å². The summed E-state index contributed by atoms with van der Waals surface area (Å²) in [6.45, 7) is 2.05. The Morgan fingerprint density at radius 2 is 1.55 bits per heavy atom. The lowest BCUT2D eigenvalue weighted by molar-refractivity contribution is 0.0758. The molecule has 20 heavy (non-hydrogen) atoms. The number of benzene rings is 1. The number of ether oxygens (including phenoxy) is 1. The van der Waals surface area contributed by atoms with E-state index in [0.29, 0.717) is 23.7 Å². The Balaban J connectivity index is 1.79. The maximum absolute atomic E-state index is 10.0. The fraction of sp³-hybridized carbons (Fsp3) is 0.667. The van der Waals surface area contributed by atoms with Crippen LogP contribution in [0.3, 0.4) is 0 Å². The smallest absolute Gasteiger partial charge is 0.161 e. The topological polar surface area (TPSA) is 29.5 Å². The van der Waals surface area contributed by atoms with Crippen molar-refractivity contribution < 1.29 is 9.84 Å². The summed E-state index contributed by atoms with van der Waals surface area (Å²) in [7, 11) is 0. The van der Waals surface area contributed by atoms with Crippen LogP contribution in [0.4, 0.5) is 0 Å². The van der Waals surface area contributed by atoms with Gasteiger partial charge in [0.1, 0.15) is 6.10 Å². The third-order valence-corrected chi connectivity index (χ3v) is 5.11. The molecular weight excluding hydrogens is 248 g/mol. The number of rotatable bonds is 4. The summed E-state index contributed by atoms with van der Waals surface area (Å²) in [5, 5.41) is 10.0. The van der Waals surface area contributed by atoms with E-state index in [2.05, 4.69) is 0 Å². The first kappa shape index (κ1) is 13.8. The molecule has 2 fully saturated rings. The van der Waals surface area contributed by atoms with E-state index < -0.39 is 0 Å². The van der Waals surface area contributed by atoms with Crippen molar-refractivity contribution in [1.29, 1.82) is 0 Å². The van der Waals surface area contributed by atoms with Crippen LogP contribution in [0, 0.1) is 18.8 Å². The number of phenols is 1. The van der Waals surface area contributed by atoms with Gasteiger partial charge in [-0.2, -0.15) is 0 Å². The molecule has 0 atom stereocenters. The zero-order valence-electron chi connectivity index (χ0n) is 12.5. The van der Waals surface area contributed by atoms with Crippen LogP contribution in [-0.2, 0) is 0 Å². The van der Waals surface area contributed by atoms with Crippen molar-refractivity contribution in [2.45, 2.75) is 64.4 Å². The zero-order valence-corrected chi connectivity index (χ0v) is 12.5. The van der Waals surface area contributed by atoms with E-state index in [4.69, 9.17) is 4.74 Å². The molecule has 1 N–H and O–H groups in total. The third-order valence-electron chi connectivity index (χ3n) is 5.11. The molecule has 0 aromatic heterocycles. The van der Waals surface area contributed by atoms with Gasteiger partial charge in [0.05, 0.1) is 0 Å². The Hall–Kier alpha value is -1.18. The van der Waals surface area contributed by atoms with Gasteiger partial charge in [0, 0.05) is 0 Å². The van der Waals surface area contributed by atoms with Crippen LogP contribution >= 0.6 is 0 Å². The SMILES string of the molecule is Cc1ccc(O)c(OC(C2CCCC2)C2CCCC2)c1. The largest absolute Gasteiger partial charge is 0.504 e. The van der Waals surface area contributed by atoms with Gasteiger partial charge in [0.2, 0.25) is 0 Å². The predicted octanol–water partition coefficient (Wildman–Crippen LogP) is 4.83. The van der Waals surface area contributed by atoms with E-state index in [1.54, 1.807) is 6.07 Å². The summed E-state index contributed by atoms with van der Waals surface area (Å²) in [5.74, 6) is 2.36. The highest BCUT2D eigenvalue weighted by atomic mass is 16.5. The van der Waals surface area contributed by atoms with Gasteiger partial charge in [0.15, 0.2) is 11.5 Å². The molecule has 0 saturated heterocycles. The summed E-state index contributed by atoms with van der Waals surface area (Å²) in [6.07, 6.45) is 10.9. The van der Waals surface area contributed by atoms with Crippen molar-refractivity contribution in [2.75, 3.05) is 0 Å². The lowest BCUT2D eigenvalue weighted by atomic mass is 9.88. The van der Waals surface area contributed by atoms with Crippen molar-refractivity contribution in [1.82, 2.24) is 0 Å². The summed E-state index contributed by atoms with van der Waals surface area (Å²) in [5.41, 5.74) is 1.15. The van der Waals surface area contributed by atoms with E-state index in [9.17, 15) is 5.11 Å². The number of aromatic hydroxyl groups is 1. The lowest BCUT2D eigenvalue weighted by Gasteiger charge is -2.30. The molecule has 1 aromatic carbocycles. The first-order valence-corrected chi connectivity index (χ1v) is 8.20. The normalized spacial score (nSPS) is 20.9. The van der Waals surface area contributed by atoms with Crippen LogP contribution in [0.25, 0.3) is 0 Å². The summed E-state index contributed by atoms with van der Waals surface area (Å²) in [4.78, 5) is 0. The number of phenolic OH excluding ortho intramolecular Hbond substituents is 1. The molecule has 0 amide bonds. The Kier molecular flexibility index (Phi) is 4.18. The summed E-state index contributed by atoms with van der Waals surface area (Å²) < 4.78 is 6.34. The van der Waals surface area contributed by atoms with Crippen molar-refractivity contribution >= 4 is 0 Å². The number of hydrogen-bond acceptors (Lipinski definition) is 2. The zero-order chi connectivity index (χ0) is 13.9. The molecule has 110 valence electrons. The van der Waals surface area contributed by atoms with Crippen LogP contribution in [0.5, 0.6) is 11.5 Å². The quantitative estimate of drug-likeness (QED) is 0.852. The molecule has 2 aliphatic carbocycles. The average Bonchev–Trinajstić information content (AvgIpc) is 3.12. The molecule has 0 aliphatic heterocycles. The van der Waals surface area contributed by atoms with Gasteiger partial charge in [-0.25, -0.2) is 0 Å². The highest BCUT2D eigenvalue weighted by Crippen LogP contribution is 2.41. The van der Waals surface area contributed by atoms with Crippen molar-refractivity contribution in [3.05, 3.63) is 23.8 Å². The Labute approximate surface area is 122 Å². The molecule has 0 bridgehead atoms. The highest BCUT2D eigenvalue weighted by Gasteiger charge is 2.35. The van der Waals surface area contributed by atoms with E-state index in [-0.39, 0.29) is 5.75 Å². The first-order valence-electron chi connectivity index (χ1n) is 8.20. The standard InChI is InChI=1S/C18H26O2/c1-13-10-11-16(19)17(12-13)20-18(14-6-2-3-7-14)15-8-4-5-9-15/h10-12,14-15,18-19H,2-9H2,1H3. The molecule has 2 heteroatoms. The van der Waals surface area contributed by atoms with E-state index in [1.165, 1.54) is 51.4 Å². The molecular formula is C18H26O2. The Morgan fingerprint density at radius 3 is 2.10 bits per heavy atom. The summed E-state index contributed by atoms with van der Waals surface area (Å²) >= 11 is 0. The minimum Gasteiger partial charge on any atom is -0.504 e. The van der Waals surface area contributed by atoms with Gasteiger partial charge in [-0.05, 0) is 62.1 Å². The first-order chi connectivity index (χ1) is 9.74. The van der Waals surface area contributed by atoms with Crippen molar-refractivity contribution in [3.63, 3.8) is 0 Å². The van der Waals surface area contributed by atoms with Crippen molar-refractivity contribution in [3.8, 4) is 11.5 Å². The predicted molar refractivity (Wildman–Crippen MR) is 81.2 cm³/mol. The van der Waals surface area contributed by atoms with Crippen LogP contribution in [-0.4, -0.2) is 11.2 Å². The molecule has 2 nitrogen and oxygen atoms in total. The van der Waals surface area contributed by atoms with Gasteiger partial charge in [-0.3, -0.25) is 0 Å². The molecule has 0 unspecified atom stereocenters. The molecule has 0 radical (unpaired) electrons. The van der Waals surface area contributed by atoms with Gasteiger partial charge >= 0.3 is 0 Å². The van der Waals surface area contributed by atoms with E-state index in [1.807, 2.05) is 19.1 Å². The van der Waals surface area contributed by atoms with Crippen LogP contribution < -0.4 is 4.74 Å². The third kappa shape index (κ3) is 2.94. The minimum atomic E-state index is 0.289. The molecule has 0 heterocycles. The van der Waals surface area contributed by atoms with E-state index >= 15 is 0 Å². The Morgan fingerprint density at radius 1 is 1.00 bits per heavy atom. The van der Waals surface area contributed by atoms with Crippen LogP contribution in [0.1, 0.15) is 56.9 Å². The number of hydrogen-bond donors (Lipinski definition) is 1. The van der Waals surface area contributed by atoms with Gasteiger partial charge in [0.25, 0.3) is 0 Å². The molecule has 1 aromatic rings. The molecule has 3 rings (SSSR count). The second-order valence-corrected chi connectivity index (χ2v) is 6.64. The van der Waals surface area contributed by atoms with Crippen molar-refractivity contribution in [2.24, 2.45) is 11.8 Å². The van der Waals surface area contributed by atoms with Gasteiger partial charge < -0.3 is 9.84 Å². The Bertz CT molecular complexity index is 427. The second kappa shape index (κ2) is 6.07. The highest BCUT2D eigenvalue weighted by molar-refractivity contribution is 5.41. The van der Waals surface area contributed by atoms with Gasteiger partial charge in [-0.1, -0.05) is 31.7 Å². The number of aryl methyl sites for hydroxylation is 1. The monoisotopic (exact) mass is 274 g/mol. The maximum Gasteiger partial charge on any atom is 0.161 e. The second-order valence-electron chi connectivity index (χ2n) is 6.64. The van der Waals surface area contributed by atoms with Crippen LogP contribution in [0.15, 0.2) is 18.2 Å². The lowest BCUT2D eigenvalue weighted by Crippen LogP contribution is -2.32. The molecule has 0 spiro atoms. The minimum absolute atomic E-state index is 0.289. The average molecular weight is 274 g/mol. The van der Waals surface area contributed by atoms with Crippen LogP contribution in [0.2, 0.25) is 0 Å².